The molecule has 220 valence electrons. The Morgan fingerprint density at radius 3 is 2.38 bits per heavy atom. The molecular weight excluding hydrogens is 532 g/mol. The number of benzene rings is 2. The average Bonchev–Trinajstić information content (AvgIpc) is 3.30. The molecule has 2 saturated heterocycles. The number of aryl methyl sites for hydroxylation is 2. The zero-order valence-corrected chi connectivity index (χ0v) is 24.4. The van der Waals surface area contributed by atoms with Crippen molar-refractivity contribution in [3.05, 3.63) is 89.5 Å². The maximum Gasteiger partial charge on any atom is 0.313 e. The molecule has 6 atom stereocenters. The summed E-state index contributed by atoms with van der Waals surface area (Å²) in [6, 6.07) is 13.1. The molecule has 1 N–H and O–H groups in total. The zero-order valence-electron chi connectivity index (χ0n) is 24.4. The highest BCUT2D eigenvalue weighted by molar-refractivity contribution is 6.06. The molecule has 42 heavy (non-hydrogen) atoms. The number of rotatable bonds is 4. The van der Waals surface area contributed by atoms with Crippen molar-refractivity contribution in [3.63, 3.8) is 0 Å². The Kier molecular flexibility index (Phi) is 7.31. The quantitative estimate of drug-likeness (QED) is 0.438. The minimum Gasteiger partial charge on any atom is -0.465 e. The molecule has 0 radical (unpaired) electrons. The van der Waals surface area contributed by atoms with E-state index >= 15 is 0 Å². The Morgan fingerprint density at radius 1 is 0.929 bits per heavy atom. The molecule has 8 nitrogen and oxygen atoms in total. The molecule has 2 fully saturated rings. The van der Waals surface area contributed by atoms with Gasteiger partial charge in [-0.1, -0.05) is 72.8 Å². The summed E-state index contributed by atoms with van der Waals surface area (Å²) >= 11 is 0. The Labute approximate surface area is 246 Å². The number of anilines is 1. The lowest BCUT2D eigenvalue weighted by Gasteiger charge is -2.40. The number of aliphatic hydroxyl groups excluding tert-OH is 1. The highest BCUT2D eigenvalue weighted by Crippen LogP contribution is 2.58. The smallest absolute Gasteiger partial charge is 0.313 e. The number of likely N-dealkylation sites (tertiary alicyclic amines) is 1. The van der Waals surface area contributed by atoms with Crippen LogP contribution in [0.1, 0.15) is 48.9 Å². The van der Waals surface area contributed by atoms with Crippen molar-refractivity contribution in [3.8, 4) is 0 Å². The molecule has 1 spiro atoms. The number of esters is 1. The summed E-state index contributed by atoms with van der Waals surface area (Å²) in [6.07, 6.45) is 9.96. The van der Waals surface area contributed by atoms with Crippen LogP contribution in [-0.4, -0.2) is 64.8 Å². The normalized spacial score (nSPS) is 32.5. The number of hydrogen-bond acceptors (Lipinski definition) is 6. The monoisotopic (exact) mass is 570 g/mol. The van der Waals surface area contributed by atoms with Crippen molar-refractivity contribution in [2.45, 2.75) is 63.3 Å². The standard InChI is InChI=1S/C34H38N2O6/c1-22-13-11-14-23(2)28(22)35-19-12-18-34-26(27-32(40)41-20-10-5-4-9-17-33(27,3)42-34)30(38)36(29(34)31(35)39)25(21-37)24-15-7-6-8-16-24/h6-9,11-18,25-27,29,37H,4-5,10,19-21H2,1-3H3/b17-9-/t25-,26+,27+,29?,33-,34+/m1/s1. The van der Waals surface area contributed by atoms with Crippen molar-refractivity contribution in [2.75, 3.05) is 24.7 Å². The number of nitrogens with zero attached hydrogens (tertiary/aromatic N) is 2. The minimum atomic E-state index is -1.45. The fourth-order valence-corrected chi connectivity index (χ4v) is 7.53. The summed E-state index contributed by atoms with van der Waals surface area (Å²) in [7, 11) is 0. The van der Waals surface area contributed by atoms with Gasteiger partial charge in [-0.05, 0) is 56.7 Å². The number of carbonyl (C=O) groups excluding carboxylic acids is 3. The molecule has 2 amide bonds. The Bertz CT molecular complexity index is 1430. The zero-order chi connectivity index (χ0) is 29.6. The van der Waals surface area contributed by atoms with Crippen molar-refractivity contribution in [1.82, 2.24) is 4.90 Å². The fourth-order valence-electron chi connectivity index (χ4n) is 7.53. The van der Waals surface area contributed by atoms with Gasteiger partial charge in [-0.3, -0.25) is 14.4 Å². The van der Waals surface area contributed by atoms with E-state index in [1.165, 1.54) is 4.90 Å². The largest absolute Gasteiger partial charge is 0.465 e. The first-order valence-electron chi connectivity index (χ1n) is 14.8. The number of cyclic esters (lactones) is 1. The van der Waals surface area contributed by atoms with E-state index < -0.39 is 53.6 Å². The van der Waals surface area contributed by atoms with Crippen LogP contribution < -0.4 is 4.90 Å². The predicted molar refractivity (Wildman–Crippen MR) is 157 cm³/mol. The maximum absolute atomic E-state index is 14.9. The number of aliphatic hydroxyl groups is 1. The molecule has 4 aliphatic rings. The molecule has 0 aliphatic carbocycles. The highest BCUT2D eigenvalue weighted by atomic mass is 16.6. The molecule has 1 unspecified atom stereocenters. The molecule has 8 heteroatoms. The number of allylic oxidation sites excluding steroid dienone is 1. The second-order valence-corrected chi connectivity index (χ2v) is 12.0. The van der Waals surface area contributed by atoms with Gasteiger partial charge in [-0.25, -0.2) is 0 Å². The fraction of sp³-hybridized carbons (Fsp3) is 0.441. The molecule has 4 aliphatic heterocycles. The van der Waals surface area contributed by atoms with Gasteiger partial charge in [-0.2, -0.15) is 0 Å². The van der Waals surface area contributed by atoms with Crippen LogP contribution in [0.25, 0.3) is 0 Å². The van der Waals surface area contributed by atoms with Gasteiger partial charge in [-0.15, -0.1) is 0 Å². The number of amides is 2. The van der Waals surface area contributed by atoms with Gasteiger partial charge in [0.05, 0.1) is 30.8 Å². The molecule has 2 aromatic rings. The van der Waals surface area contributed by atoms with Gasteiger partial charge in [0, 0.05) is 12.2 Å². The van der Waals surface area contributed by atoms with Gasteiger partial charge >= 0.3 is 5.97 Å². The summed E-state index contributed by atoms with van der Waals surface area (Å²) < 4.78 is 12.7. The first kappa shape index (κ1) is 28.4. The minimum absolute atomic E-state index is 0.263. The number of fused-ring (bicyclic) bond motifs is 2. The summed E-state index contributed by atoms with van der Waals surface area (Å²) in [6.45, 7) is 5.87. The van der Waals surface area contributed by atoms with Crippen LogP contribution in [0.3, 0.4) is 0 Å². The number of ether oxygens (including phenoxy) is 2. The van der Waals surface area contributed by atoms with E-state index in [0.29, 0.717) is 5.56 Å². The van der Waals surface area contributed by atoms with Gasteiger partial charge in [0.15, 0.2) is 0 Å². The second-order valence-electron chi connectivity index (χ2n) is 12.0. The number of hydrogen-bond donors (Lipinski definition) is 1. The van der Waals surface area contributed by atoms with Crippen LogP contribution in [0.4, 0.5) is 5.69 Å². The van der Waals surface area contributed by atoms with Crippen LogP contribution in [-0.2, 0) is 23.9 Å². The summed E-state index contributed by atoms with van der Waals surface area (Å²) in [5.41, 5.74) is 0.725. The van der Waals surface area contributed by atoms with Crippen molar-refractivity contribution >= 4 is 23.5 Å². The molecule has 0 saturated carbocycles. The van der Waals surface area contributed by atoms with E-state index in [2.05, 4.69) is 0 Å². The van der Waals surface area contributed by atoms with Crippen LogP contribution in [0, 0.1) is 25.7 Å². The Balaban J connectivity index is 1.56. The highest BCUT2D eigenvalue weighted by Gasteiger charge is 2.75. The van der Waals surface area contributed by atoms with Crippen molar-refractivity contribution < 1.29 is 29.0 Å². The lowest BCUT2D eigenvalue weighted by molar-refractivity contribution is -0.160. The number of para-hydroxylation sites is 1. The molecule has 6 rings (SSSR count). The first-order valence-corrected chi connectivity index (χ1v) is 14.8. The van der Waals surface area contributed by atoms with E-state index in [0.717, 1.165) is 36.1 Å². The van der Waals surface area contributed by atoms with Crippen LogP contribution in [0.2, 0.25) is 0 Å². The third-order valence-electron chi connectivity index (χ3n) is 9.34. The van der Waals surface area contributed by atoms with Crippen LogP contribution >= 0.6 is 0 Å². The number of carbonyl (C=O) groups is 3. The van der Waals surface area contributed by atoms with Gasteiger partial charge in [0.1, 0.15) is 17.6 Å². The third-order valence-corrected chi connectivity index (χ3v) is 9.34. The summed E-state index contributed by atoms with van der Waals surface area (Å²) in [4.78, 5) is 46.6. The van der Waals surface area contributed by atoms with E-state index in [4.69, 9.17) is 9.47 Å². The van der Waals surface area contributed by atoms with Crippen molar-refractivity contribution in [1.29, 1.82) is 0 Å². The molecule has 0 bridgehead atoms. The molecule has 2 aromatic carbocycles. The molecule has 4 heterocycles. The lowest BCUT2D eigenvalue weighted by atomic mass is 9.74. The molecular formula is C34H38N2O6. The average molecular weight is 571 g/mol. The van der Waals surface area contributed by atoms with Crippen molar-refractivity contribution in [2.24, 2.45) is 11.8 Å². The van der Waals surface area contributed by atoms with Gasteiger partial charge < -0.3 is 24.4 Å². The van der Waals surface area contributed by atoms with E-state index in [9.17, 15) is 19.5 Å². The first-order chi connectivity index (χ1) is 20.2. The molecule has 0 aromatic heterocycles. The maximum atomic E-state index is 14.9. The third kappa shape index (κ3) is 4.31. The SMILES string of the molecule is Cc1cccc(C)c1N1CC=C[C@]23O[C@]4(C)/C=C\CCCCOC(=O)[C@@H]4[C@H]2C(=O)N([C@H](CO)c2ccccc2)C3C1=O. The topological polar surface area (TPSA) is 96.4 Å². The lowest BCUT2D eigenvalue weighted by Crippen LogP contribution is -2.57. The van der Waals surface area contributed by atoms with E-state index in [1.54, 1.807) is 4.90 Å². The summed E-state index contributed by atoms with van der Waals surface area (Å²) in [5, 5.41) is 10.7. The Hall–Kier alpha value is -3.75. The Morgan fingerprint density at radius 2 is 1.67 bits per heavy atom. The van der Waals surface area contributed by atoms with Gasteiger partial charge in [0.25, 0.3) is 5.91 Å². The van der Waals surface area contributed by atoms with E-state index in [-0.39, 0.29) is 19.1 Å². The second kappa shape index (κ2) is 10.8. The van der Waals surface area contributed by atoms with Crippen LogP contribution in [0.15, 0.2) is 72.8 Å². The van der Waals surface area contributed by atoms with Crippen LogP contribution in [0.5, 0.6) is 0 Å². The summed E-state index contributed by atoms with van der Waals surface area (Å²) in [5.74, 6) is -3.20. The van der Waals surface area contributed by atoms with Gasteiger partial charge in [0.2, 0.25) is 5.91 Å². The predicted octanol–water partition coefficient (Wildman–Crippen LogP) is 4.19. The van der Waals surface area contributed by atoms with E-state index in [1.807, 2.05) is 93.6 Å².